The van der Waals surface area contributed by atoms with E-state index in [1.54, 1.807) is 0 Å². The smallest absolute Gasteiger partial charge is 0.238 e. The number of hydrogen-bond acceptors (Lipinski definition) is 4. The first-order valence-electron chi connectivity index (χ1n) is 32.5. The van der Waals surface area contributed by atoms with Crippen LogP contribution in [0.2, 0.25) is 0 Å². The minimum Gasteiger partial charge on any atom is -0.309 e. The molecule has 13 aromatic carbocycles. The van der Waals surface area contributed by atoms with Gasteiger partial charge in [0.25, 0.3) is 0 Å². The second-order valence-corrected chi connectivity index (χ2v) is 24.9. The van der Waals surface area contributed by atoms with Crippen LogP contribution in [-0.2, 0) is 0 Å². The highest BCUT2D eigenvalue weighted by molar-refractivity contribution is 6.25. The van der Waals surface area contributed by atoms with Gasteiger partial charge < -0.3 is 13.7 Å². The zero-order valence-electron chi connectivity index (χ0n) is 51.7. The van der Waals surface area contributed by atoms with Crippen LogP contribution in [0.1, 0.15) is 0 Å². The molecule has 20 aromatic rings. The first-order chi connectivity index (χ1) is 47.6. The van der Waals surface area contributed by atoms with Gasteiger partial charge in [-0.25, -0.2) is 4.98 Å². The average Bonchev–Trinajstić information content (AvgIpc) is 1.56. The molecule has 0 atom stereocenters. The minimum atomic E-state index is 0.562. The van der Waals surface area contributed by atoms with Crippen LogP contribution in [0.15, 0.2) is 328 Å². The van der Waals surface area contributed by atoms with E-state index < -0.39 is 0 Å². The zero-order chi connectivity index (χ0) is 63.0. The number of para-hydroxylation sites is 5. The van der Waals surface area contributed by atoms with Crippen molar-refractivity contribution in [3.05, 3.63) is 328 Å². The van der Waals surface area contributed by atoms with Crippen molar-refractivity contribution in [2.75, 3.05) is 0 Å². The molecule has 0 bridgehead atoms. The van der Waals surface area contributed by atoms with Crippen LogP contribution < -0.4 is 4.57 Å². The first kappa shape index (κ1) is 53.5. The largest absolute Gasteiger partial charge is 0.309 e. The lowest BCUT2D eigenvalue weighted by Gasteiger charge is -2.14. The summed E-state index contributed by atoms with van der Waals surface area (Å²) >= 11 is 0. The van der Waals surface area contributed by atoms with Crippen LogP contribution in [0.3, 0.4) is 0 Å². The number of nitrogens with zero attached hydrogens (tertiary/aromatic N) is 9. The Morgan fingerprint density at radius 3 is 1.32 bits per heavy atom. The molecule has 446 valence electrons. The Bertz CT molecular complexity index is 6510. The van der Waals surface area contributed by atoms with Gasteiger partial charge in [0.15, 0.2) is 24.0 Å². The monoisotopic (exact) mass is 1220 g/mol. The molecular formula is C87H54N9+. The third-order valence-electron chi connectivity index (χ3n) is 19.5. The van der Waals surface area contributed by atoms with Crippen LogP contribution in [0.5, 0.6) is 0 Å². The fourth-order valence-electron chi connectivity index (χ4n) is 15.2. The predicted octanol–water partition coefficient (Wildman–Crippen LogP) is 20.9. The van der Waals surface area contributed by atoms with Crippen molar-refractivity contribution in [3.8, 4) is 73.7 Å². The summed E-state index contributed by atoms with van der Waals surface area (Å²) in [6.45, 7) is 0. The Morgan fingerprint density at radius 2 is 0.740 bits per heavy atom. The summed E-state index contributed by atoms with van der Waals surface area (Å²) in [5.41, 5.74) is 19.4. The number of hydrogen-bond donors (Lipinski definition) is 0. The molecule has 0 saturated heterocycles. The van der Waals surface area contributed by atoms with Gasteiger partial charge in [0.05, 0.1) is 49.8 Å². The molecule has 0 amide bonds. The Balaban J connectivity index is 0.738. The fraction of sp³-hybridized carbons (Fsp3) is 0. The third-order valence-corrected chi connectivity index (χ3v) is 19.5. The number of rotatable bonds is 9. The Morgan fingerprint density at radius 1 is 0.260 bits per heavy atom. The lowest BCUT2D eigenvalue weighted by atomic mass is 9.99. The molecule has 0 spiro atoms. The van der Waals surface area contributed by atoms with Crippen molar-refractivity contribution in [2.45, 2.75) is 0 Å². The van der Waals surface area contributed by atoms with Crippen molar-refractivity contribution < 1.29 is 4.57 Å². The van der Waals surface area contributed by atoms with E-state index >= 15 is 0 Å². The molecule has 0 radical (unpaired) electrons. The van der Waals surface area contributed by atoms with Gasteiger partial charge in [0.2, 0.25) is 11.6 Å². The fourth-order valence-corrected chi connectivity index (χ4v) is 15.2. The molecule has 7 heterocycles. The molecule has 0 saturated carbocycles. The first-order valence-corrected chi connectivity index (χ1v) is 32.5. The number of fused-ring (bicyclic) bond motifs is 16. The summed E-state index contributed by atoms with van der Waals surface area (Å²) in [5, 5.41) is 14.1. The summed E-state index contributed by atoms with van der Waals surface area (Å²) < 4.78 is 11.8. The molecule has 0 fully saturated rings. The van der Waals surface area contributed by atoms with E-state index in [1.165, 1.54) is 54.1 Å². The van der Waals surface area contributed by atoms with Gasteiger partial charge in [0, 0.05) is 118 Å². The average molecular weight is 1230 g/mol. The molecule has 0 unspecified atom stereocenters. The van der Waals surface area contributed by atoms with Gasteiger partial charge in [-0.3, -0.25) is 9.55 Å². The standard InChI is InChI=1S/C87H54N9/c1-4-21-55(22-5-1)85-89-86(56-23-6-2-7-24-56)91-87(90-85)96-80-38-17-13-34-70(80)76-52-74-58(49-82(76)96)40-42-72-68-32-11-16-37-79(68)95(84(72)74)65-30-18-29-64(50-65)92-44-20-26-60(54-92)62-45-61(59-25-19-43-88-53-59)46-66(47-62)93-77-35-14-12-33-69(77)75-51-73-57(48-81(75)93)39-41-71-67-31-10-15-36-78(67)94(83(71)73)63-27-8-3-9-28-63/h1-54H/q+1. The van der Waals surface area contributed by atoms with E-state index in [-0.39, 0.29) is 0 Å². The van der Waals surface area contributed by atoms with E-state index in [0.717, 1.165) is 111 Å². The van der Waals surface area contributed by atoms with E-state index in [2.05, 4.69) is 301 Å². The van der Waals surface area contributed by atoms with Gasteiger partial charge in [-0.2, -0.15) is 14.5 Å². The van der Waals surface area contributed by atoms with Crippen LogP contribution >= 0.6 is 0 Å². The molecule has 96 heavy (non-hydrogen) atoms. The Hall–Kier alpha value is -13.1. The van der Waals surface area contributed by atoms with Crippen LogP contribution in [-0.4, -0.2) is 38.2 Å². The molecule has 0 aliphatic heterocycles. The summed E-state index contributed by atoms with van der Waals surface area (Å²) in [6.07, 6.45) is 8.24. The number of pyridine rings is 2. The van der Waals surface area contributed by atoms with E-state index in [9.17, 15) is 0 Å². The van der Waals surface area contributed by atoms with E-state index in [4.69, 9.17) is 15.0 Å². The summed E-state index contributed by atoms with van der Waals surface area (Å²) in [6, 6.07) is 109. The highest BCUT2D eigenvalue weighted by atomic mass is 15.2. The van der Waals surface area contributed by atoms with Gasteiger partial charge in [-0.05, 0) is 119 Å². The molecule has 9 nitrogen and oxygen atoms in total. The van der Waals surface area contributed by atoms with Gasteiger partial charge in [-0.15, -0.1) is 0 Å². The third kappa shape index (κ3) is 8.33. The quantitative estimate of drug-likeness (QED) is 0.135. The van der Waals surface area contributed by atoms with E-state index in [1.807, 2.05) is 54.9 Å². The maximum absolute atomic E-state index is 5.25. The second kappa shape index (κ2) is 21.2. The molecule has 0 N–H and O–H groups in total. The van der Waals surface area contributed by atoms with Crippen molar-refractivity contribution in [2.24, 2.45) is 0 Å². The molecule has 9 heteroatoms. The predicted molar refractivity (Wildman–Crippen MR) is 393 cm³/mol. The Kier molecular flexibility index (Phi) is 11.8. The number of aromatic nitrogens is 9. The molecule has 20 rings (SSSR count). The highest BCUT2D eigenvalue weighted by Crippen LogP contribution is 2.44. The normalized spacial score (nSPS) is 12.0. The zero-order valence-corrected chi connectivity index (χ0v) is 51.7. The van der Waals surface area contributed by atoms with Crippen molar-refractivity contribution in [1.82, 2.24) is 38.2 Å². The molecule has 7 aromatic heterocycles. The van der Waals surface area contributed by atoms with Crippen LogP contribution in [0, 0.1) is 0 Å². The summed E-state index contributed by atoms with van der Waals surface area (Å²) in [7, 11) is 0. The maximum Gasteiger partial charge on any atom is 0.238 e. The Labute approximate surface area is 550 Å². The minimum absolute atomic E-state index is 0.562. The second-order valence-electron chi connectivity index (χ2n) is 24.9. The summed E-state index contributed by atoms with van der Waals surface area (Å²) in [4.78, 5) is 20.2. The van der Waals surface area contributed by atoms with Crippen LogP contribution in [0.4, 0.5) is 0 Å². The summed E-state index contributed by atoms with van der Waals surface area (Å²) in [5.74, 6) is 1.79. The molecular weight excluding hydrogens is 1170 g/mol. The van der Waals surface area contributed by atoms with Crippen molar-refractivity contribution in [1.29, 1.82) is 0 Å². The van der Waals surface area contributed by atoms with Gasteiger partial charge in [0.1, 0.15) is 0 Å². The van der Waals surface area contributed by atoms with Crippen molar-refractivity contribution >= 4 is 109 Å². The topological polar surface area (TPSA) is 75.2 Å². The van der Waals surface area contributed by atoms with Crippen molar-refractivity contribution in [3.63, 3.8) is 0 Å². The van der Waals surface area contributed by atoms with Gasteiger partial charge >= 0.3 is 0 Å². The lowest BCUT2D eigenvalue weighted by Crippen LogP contribution is -2.29. The number of benzene rings is 13. The van der Waals surface area contributed by atoms with Gasteiger partial charge in [-0.1, -0.05) is 188 Å². The van der Waals surface area contributed by atoms with Crippen LogP contribution in [0.25, 0.3) is 182 Å². The SMILES string of the molecule is c1ccc(-c2nc(-c3ccccc3)nc(-n3c4ccccc4c4cc5c(ccc6c7ccccc7n(-c7cccc(-[n+]8cccc(-c9cc(-c%10cccnc%10)cc(-n%10c%11ccccc%11c%11cc%12c(ccc%13c%14ccccc%14n(-c%14ccccc%14)c%12%13)cc%11%10)c9)c8)c7)c56)cc43)n2)cc1. The highest BCUT2D eigenvalue weighted by Gasteiger charge is 2.24. The lowest BCUT2D eigenvalue weighted by molar-refractivity contribution is -0.595. The maximum atomic E-state index is 5.25. The molecule has 0 aliphatic rings. The van der Waals surface area contributed by atoms with E-state index in [0.29, 0.717) is 17.6 Å². The molecule has 0 aliphatic carbocycles.